The molecule has 122 valence electrons. The lowest BCUT2D eigenvalue weighted by Crippen LogP contribution is -2.38. The Balaban J connectivity index is 1.48. The van der Waals surface area contributed by atoms with Gasteiger partial charge in [0.05, 0.1) is 11.8 Å². The molecule has 3 nitrogen and oxygen atoms in total. The fraction of sp³-hybridized carbons (Fsp3) is 0.450. The molecule has 1 aromatic carbocycles. The highest BCUT2D eigenvalue weighted by atomic mass is 16.3. The molecule has 0 aliphatic carbocycles. The standard InChI is InChI=1S/C20H25NO2/c1-15-3-5-17(6-4-15)7-8-18-9-12-21(13-10-18)20(22)19-11-14-23-16(19)2/h3-6,11,14,18H,7-10,12-13H2,1-2H3. The maximum Gasteiger partial charge on any atom is 0.257 e. The Hall–Kier alpha value is -2.03. The molecular formula is C20H25NO2. The third-order valence-corrected chi connectivity index (χ3v) is 4.95. The molecule has 0 unspecified atom stereocenters. The summed E-state index contributed by atoms with van der Waals surface area (Å²) in [6, 6.07) is 10.6. The van der Waals surface area contributed by atoms with E-state index in [0.717, 1.165) is 44.0 Å². The highest BCUT2D eigenvalue weighted by Gasteiger charge is 2.25. The van der Waals surface area contributed by atoms with Gasteiger partial charge in [0.25, 0.3) is 5.91 Å². The number of amides is 1. The van der Waals surface area contributed by atoms with Crippen LogP contribution in [-0.4, -0.2) is 23.9 Å². The van der Waals surface area contributed by atoms with Gasteiger partial charge in [-0.25, -0.2) is 0 Å². The van der Waals surface area contributed by atoms with Crippen molar-refractivity contribution < 1.29 is 9.21 Å². The summed E-state index contributed by atoms with van der Waals surface area (Å²) < 4.78 is 5.25. The van der Waals surface area contributed by atoms with Crippen molar-refractivity contribution in [1.82, 2.24) is 4.90 Å². The largest absolute Gasteiger partial charge is 0.469 e. The topological polar surface area (TPSA) is 33.5 Å². The molecule has 3 rings (SSSR count). The number of hydrogen-bond acceptors (Lipinski definition) is 2. The maximum atomic E-state index is 12.5. The van der Waals surface area contributed by atoms with Crippen molar-refractivity contribution in [2.75, 3.05) is 13.1 Å². The number of carbonyl (C=O) groups is 1. The van der Waals surface area contributed by atoms with Crippen LogP contribution in [0, 0.1) is 19.8 Å². The molecule has 1 saturated heterocycles. The lowest BCUT2D eigenvalue weighted by atomic mass is 9.90. The van der Waals surface area contributed by atoms with E-state index in [4.69, 9.17) is 4.42 Å². The number of carbonyl (C=O) groups excluding carboxylic acids is 1. The summed E-state index contributed by atoms with van der Waals surface area (Å²) in [5.41, 5.74) is 3.45. The molecule has 23 heavy (non-hydrogen) atoms. The lowest BCUT2D eigenvalue weighted by molar-refractivity contribution is 0.0685. The summed E-state index contributed by atoms with van der Waals surface area (Å²) in [4.78, 5) is 14.4. The number of furan rings is 1. The molecule has 0 bridgehead atoms. The van der Waals surface area contributed by atoms with Gasteiger partial charge in [-0.15, -0.1) is 0 Å². The van der Waals surface area contributed by atoms with Crippen molar-refractivity contribution in [2.45, 2.75) is 39.5 Å². The molecule has 1 fully saturated rings. The average molecular weight is 311 g/mol. The number of aryl methyl sites for hydroxylation is 3. The number of benzene rings is 1. The van der Waals surface area contributed by atoms with Crippen LogP contribution in [0.15, 0.2) is 41.0 Å². The van der Waals surface area contributed by atoms with E-state index in [1.54, 1.807) is 12.3 Å². The minimum atomic E-state index is 0.119. The third kappa shape index (κ3) is 3.84. The minimum absolute atomic E-state index is 0.119. The second kappa shape index (κ2) is 7.03. The van der Waals surface area contributed by atoms with Crippen LogP contribution >= 0.6 is 0 Å². The summed E-state index contributed by atoms with van der Waals surface area (Å²) in [7, 11) is 0. The first-order valence-electron chi connectivity index (χ1n) is 8.52. The Morgan fingerprint density at radius 3 is 2.43 bits per heavy atom. The average Bonchev–Trinajstić information content (AvgIpc) is 3.00. The van der Waals surface area contributed by atoms with E-state index in [2.05, 4.69) is 31.2 Å². The molecule has 1 amide bonds. The highest BCUT2D eigenvalue weighted by molar-refractivity contribution is 5.95. The van der Waals surface area contributed by atoms with Gasteiger partial charge in [0.1, 0.15) is 5.76 Å². The van der Waals surface area contributed by atoms with E-state index < -0.39 is 0 Å². The van der Waals surface area contributed by atoms with Crippen molar-refractivity contribution in [2.24, 2.45) is 5.92 Å². The summed E-state index contributed by atoms with van der Waals surface area (Å²) in [6.45, 7) is 5.70. The van der Waals surface area contributed by atoms with Gasteiger partial charge in [0.2, 0.25) is 0 Å². The normalized spacial score (nSPS) is 15.8. The molecule has 0 N–H and O–H groups in total. The molecular weight excluding hydrogens is 286 g/mol. The van der Waals surface area contributed by atoms with Gasteiger partial charge in [-0.2, -0.15) is 0 Å². The predicted molar refractivity (Wildman–Crippen MR) is 91.6 cm³/mol. The number of piperidine rings is 1. The highest BCUT2D eigenvalue weighted by Crippen LogP contribution is 2.24. The summed E-state index contributed by atoms with van der Waals surface area (Å²) in [6.07, 6.45) is 6.16. The minimum Gasteiger partial charge on any atom is -0.469 e. The van der Waals surface area contributed by atoms with E-state index in [-0.39, 0.29) is 5.91 Å². The molecule has 1 aliphatic rings. The van der Waals surface area contributed by atoms with E-state index in [1.807, 2.05) is 11.8 Å². The molecule has 1 aliphatic heterocycles. The van der Waals surface area contributed by atoms with Gasteiger partial charge in [-0.1, -0.05) is 29.8 Å². The monoisotopic (exact) mass is 311 g/mol. The van der Waals surface area contributed by atoms with E-state index in [1.165, 1.54) is 17.5 Å². The van der Waals surface area contributed by atoms with Crippen molar-refractivity contribution in [3.05, 3.63) is 59.0 Å². The van der Waals surface area contributed by atoms with Crippen molar-refractivity contribution in [3.63, 3.8) is 0 Å². The molecule has 3 heteroatoms. The summed E-state index contributed by atoms with van der Waals surface area (Å²) >= 11 is 0. The van der Waals surface area contributed by atoms with Crippen LogP contribution < -0.4 is 0 Å². The third-order valence-electron chi connectivity index (χ3n) is 4.95. The zero-order chi connectivity index (χ0) is 16.2. The Morgan fingerprint density at radius 1 is 1.13 bits per heavy atom. The van der Waals surface area contributed by atoms with E-state index >= 15 is 0 Å². The predicted octanol–water partition coefficient (Wildman–Crippen LogP) is 4.38. The molecule has 1 aromatic heterocycles. The van der Waals surface area contributed by atoms with Gasteiger partial charge in [0, 0.05) is 13.1 Å². The van der Waals surface area contributed by atoms with Gasteiger partial charge >= 0.3 is 0 Å². The Labute approximate surface area is 138 Å². The smallest absolute Gasteiger partial charge is 0.257 e. The molecule has 2 heterocycles. The zero-order valence-corrected chi connectivity index (χ0v) is 14.0. The maximum absolute atomic E-state index is 12.5. The summed E-state index contributed by atoms with van der Waals surface area (Å²) in [5.74, 6) is 1.57. The molecule has 2 aromatic rings. The van der Waals surface area contributed by atoms with Crippen LogP contribution in [-0.2, 0) is 6.42 Å². The Bertz CT molecular complexity index is 649. The molecule has 0 spiro atoms. The Morgan fingerprint density at radius 2 is 1.83 bits per heavy atom. The Kier molecular flexibility index (Phi) is 4.85. The zero-order valence-electron chi connectivity index (χ0n) is 14.0. The van der Waals surface area contributed by atoms with Crippen LogP contribution in [0.3, 0.4) is 0 Å². The van der Waals surface area contributed by atoms with Gasteiger partial charge in [-0.05, 0) is 57.1 Å². The fourth-order valence-electron chi connectivity index (χ4n) is 3.33. The fourth-order valence-corrected chi connectivity index (χ4v) is 3.33. The van der Waals surface area contributed by atoms with Crippen LogP contribution in [0.25, 0.3) is 0 Å². The first-order chi connectivity index (χ1) is 11.1. The van der Waals surface area contributed by atoms with Gasteiger partial charge in [0.15, 0.2) is 0 Å². The van der Waals surface area contributed by atoms with Gasteiger partial charge < -0.3 is 9.32 Å². The molecule has 0 saturated carbocycles. The number of hydrogen-bond donors (Lipinski definition) is 0. The quantitative estimate of drug-likeness (QED) is 0.839. The number of nitrogens with zero attached hydrogens (tertiary/aromatic N) is 1. The lowest BCUT2D eigenvalue weighted by Gasteiger charge is -2.32. The van der Waals surface area contributed by atoms with Crippen LogP contribution in [0.1, 0.15) is 46.5 Å². The second-order valence-electron chi connectivity index (χ2n) is 6.65. The number of rotatable bonds is 4. The first kappa shape index (κ1) is 15.9. The van der Waals surface area contributed by atoms with Crippen LogP contribution in [0.5, 0.6) is 0 Å². The van der Waals surface area contributed by atoms with Crippen molar-refractivity contribution >= 4 is 5.91 Å². The summed E-state index contributed by atoms with van der Waals surface area (Å²) in [5, 5.41) is 0. The second-order valence-corrected chi connectivity index (χ2v) is 6.65. The molecule has 0 radical (unpaired) electrons. The van der Waals surface area contributed by atoms with Gasteiger partial charge in [-0.3, -0.25) is 4.79 Å². The van der Waals surface area contributed by atoms with E-state index in [9.17, 15) is 4.79 Å². The first-order valence-corrected chi connectivity index (χ1v) is 8.52. The van der Waals surface area contributed by atoms with Crippen LogP contribution in [0.4, 0.5) is 0 Å². The van der Waals surface area contributed by atoms with Crippen molar-refractivity contribution in [3.8, 4) is 0 Å². The van der Waals surface area contributed by atoms with Crippen molar-refractivity contribution in [1.29, 1.82) is 0 Å². The van der Waals surface area contributed by atoms with Crippen LogP contribution in [0.2, 0.25) is 0 Å². The van der Waals surface area contributed by atoms with E-state index in [0.29, 0.717) is 5.56 Å². The number of likely N-dealkylation sites (tertiary alicyclic amines) is 1. The molecule has 0 atom stereocenters. The SMILES string of the molecule is Cc1ccc(CCC2CCN(C(=O)c3ccoc3C)CC2)cc1.